The SMILES string of the molecule is Cc1cc(C)cc(C(=O)Nc2ccc(-c3ccc(CO)o3)c(Cl)c2)c1. The molecule has 2 aromatic carbocycles. The van der Waals surface area contributed by atoms with E-state index >= 15 is 0 Å². The van der Waals surface area contributed by atoms with E-state index in [-0.39, 0.29) is 12.5 Å². The highest BCUT2D eigenvalue weighted by Crippen LogP contribution is 2.31. The van der Waals surface area contributed by atoms with Crippen LogP contribution in [0.3, 0.4) is 0 Å². The lowest BCUT2D eigenvalue weighted by Crippen LogP contribution is -2.12. The summed E-state index contributed by atoms with van der Waals surface area (Å²) in [4.78, 5) is 12.4. The zero-order chi connectivity index (χ0) is 18.0. The molecule has 2 N–H and O–H groups in total. The van der Waals surface area contributed by atoms with Gasteiger partial charge < -0.3 is 14.8 Å². The molecule has 0 bridgehead atoms. The van der Waals surface area contributed by atoms with E-state index in [1.54, 1.807) is 30.3 Å². The maximum absolute atomic E-state index is 12.4. The number of carbonyl (C=O) groups excluding carboxylic acids is 1. The van der Waals surface area contributed by atoms with Crippen molar-refractivity contribution in [2.75, 3.05) is 5.32 Å². The van der Waals surface area contributed by atoms with Crippen LogP contribution >= 0.6 is 11.6 Å². The number of aliphatic hydroxyl groups is 1. The highest BCUT2D eigenvalue weighted by Gasteiger charge is 2.12. The molecule has 0 saturated heterocycles. The minimum absolute atomic E-state index is 0.165. The quantitative estimate of drug-likeness (QED) is 0.695. The summed E-state index contributed by atoms with van der Waals surface area (Å²) in [5, 5.41) is 12.4. The van der Waals surface area contributed by atoms with Gasteiger partial charge in [-0.25, -0.2) is 0 Å². The van der Waals surface area contributed by atoms with Gasteiger partial charge in [-0.2, -0.15) is 0 Å². The molecule has 1 amide bonds. The van der Waals surface area contributed by atoms with Gasteiger partial charge in [0, 0.05) is 16.8 Å². The summed E-state index contributed by atoms with van der Waals surface area (Å²) in [6, 6.07) is 14.4. The Balaban J connectivity index is 1.82. The van der Waals surface area contributed by atoms with Gasteiger partial charge in [0.05, 0.1) is 5.02 Å². The Kier molecular flexibility index (Phi) is 4.93. The van der Waals surface area contributed by atoms with Crippen molar-refractivity contribution in [1.82, 2.24) is 0 Å². The van der Waals surface area contributed by atoms with E-state index in [0.29, 0.717) is 33.4 Å². The molecule has 128 valence electrons. The van der Waals surface area contributed by atoms with Crippen LogP contribution in [0, 0.1) is 13.8 Å². The van der Waals surface area contributed by atoms with Crippen LogP contribution < -0.4 is 5.32 Å². The number of nitrogens with one attached hydrogen (secondary N) is 1. The minimum atomic E-state index is -0.184. The van der Waals surface area contributed by atoms with Gasteiger partial charge in [0.1, 0.15) is 18.1 Å². The number of amides is 1. The fraction of sp³-hybridized carbons (Fsp3) is 0.150. The largest absolute Gasteiger partial charge is 0.459 e. The monoisotopic (exact) mass is 355 g/mol. The first kappa shape index (κ1) is 17.3. The number of carbonyl (C=O) groups is 1. The van der Waals surface area contributed by atoms with Crippen molar-refractivity contribution in [1.29, 1.82) is 0 Å². The molecular formula is C20H18ClNO3. The molecule has 25 heavy (non-hydrogen) atoms. The summed E-state index contributed by atoms with van der Waals surface area (Å²) in [5.41, 5.74) is 3.99. The predicted molar refractivity (Wildman–Crippen MR) is 98.9 cm³/mol. The second-order valence-corrected chi connectivity index (χ2v) is 6.36. The van der Waals surface area contributed by atoms with Crippen LogP contribution in [0.2, 0.25) is 5.02 Å². The van der Waals surface area contributed by atoms with Gasteiger partial charge >= 0.3 is 0 Å². The molecule has 0 spiro atoms. The molecule has 0 radical (unpaired) electrons. The van der Waals surface area contributed by atoms with Crippen molar-refractivity contribution in [3.8, 4) is 11.3 Å². The van der Waals surface area contributed by atoms with Crippen LogP contribution in [0.1, 0.15) is 27.2 Å². The third-order valence-electron chi connectivity index (χ3n) is 3.79. The van der Waals surface area contributed by atoms with Crippen LogP contribution in [0.15, 0.2) is 52.9 Å². The second kappa shape index (κ2) is 7.13. The summed E-state index contributed by atoms with van der Waals surface area (Å²) in [7, 11) is 0. The molecule has 0 aliphatic carbocycles. The average Bonchev–Trinajstić information content (AvgIpc) is 3.03. The van der Waals surface area contributed by atoms with Gasteiger partial charge in [-0.15, -0.1) is 0 Å². The molecule has 0 unspecified atom stereocenters. The predicted octanol–water partition coefficient (Wildman–Crippen LogP) is 4.96. The van der Waals surface area contributed by atoms with Gasteiger partial charge in [-0.1, -0.05) is 28.8 Å². The molecule has 4 nitrogen and oxygen atoms in total. The molecule has 0 atom stereocenters. The van der Waals surface area contributed by atoms with Crippen molar-refractivity contribution in [2.24, 2.45) is 0 Å². The number of furan rings is 1. The van der Waals surface area contributed by atoms with Crippen molar-refractivity contribution >= 4 is 23.2 Å². The Labute approximate surface area is 151 Å². The first-order chi connectivity index (χ1) is 12.0. The van der Waals surface area contributed by atoms with Crippen molar-refractivity contribution in [3.63, 3.8) is 0 Å². The fourth-order valence-electron chi connectivity index (χ4n) is 2.71. The third-order valence-corrected chi connectivity index (χ3v) is 4.11. The van der Waals surface area contributed by atoms with E-state index < -0.39 is 0 Å². The fourth-order valence-corrected chi connectivity index (χ4v) is 2.98. The summed E-state index contributed by atoms with van der Waals surface area (Å²) >= 11 is 6.32. The van der Waals surface area contributed by atoms with E-state index in [1.807, 2.05) is 32.0 Å². The molecule has 3 aromatic rings. The first-order valence-corrected chi connectivity index (χ1v) is 8.23. The van der Waals surface area contributed by atoms with Crippen LogP contribution in [0.5, 0.6) is 0 Å². The van der Waals surface area contributed by atoms with Crippen LogP contribution in [-0.4, -0.2) is 11.0 Å². The third kappa shape index (κ3) is 3.92. The number of anilines is 1. The lowest BCUT2D eigenvalue weighted by Gasteiger charge is -2.09. The maximum atomic E-state index is 12.4. The molecule has 0 aliphatic heterocycles. The van der Waals surface area contributed by atoms with E-state index in [2.05, 4.69) is 5.32 Å². The van der Waals surface area contributed by atoms with Gasteiger partial charge in [0.2, 0.25) is 0 Å². The summed E-state index contributed by atoms with van der Waals surface area (Å²) < 4.78 is 5.49. The van der Waals surface area contributed by atoms with Crippen LogP contribution in [-0.2, 0) is 6.61 Å². The van der Waals surface area contributed by atoms with E-state index in [1.165, 1.54) is 0 Å². The Morgan fingerprint density at radius 3 is 2.40 bits per heavy atom. The topological polar surface area (TPSA) is 62.5 Å². The number of rotatable bonds is 4. The number of benzene rings is 2. The Bertz CT molecular complexity index is 910. The standard InChI is InChI=1S/C20H18ClNO3/c1-12-7-13(2)9-14(8-12)20(24)22-15-3-5-17(18(21)10-15)19-6-4-16(11-23)25-19/h3-10,23H,11H2,1-2H3,(H,22,24). The molecule has 5 heteroatoms. The van der Waals surface area contributed by atoms with E-state index in [0.717, 1.165) is 11.1 Å². The summed E-state index contributed by atoms with van der Waals surface area (Å²) in [6.07, 6.45) is 0. The van der Waals surface area contributed by atoms with Crippen molar-refractivity contribution in [3.05, 3.63) is 76.0 Å². The normalized spacial score (nSPS) is 10.7. The van der Waals surface area contributed by atoms with Gasteiger partial charge in [0.15, 0.2) is 0 Å². The second-order valence-electron chi connectivity index (χ2n) is 5.95. The highest BCUT2D eigenvalue weighted by atomic mass is 35.5. The van der Waals surface area contributed by atoms with Crippen molar-refractivity contribution < 1.29 is 14.3 Å². The lowest BCUT2D eigenvalue weighted by molar-refractivity contribution is 0.102. The summed E-state index contributed by atoms with van der Waals surface area (Å²) in [6.45, 7) is 3.75. The van der Waals surface area contributed by atoms with Gasteiger partial charge in [0.25, 0.3) is 5.91 Å². The molecule has 0 aliphatic rings. The average molecular weight is 356 g/mol. The molecule has 0 saturated carbocycles. The molecular weight excluding hydrogens is 338 g/mol. The number of hydrogen-bond acceptors (Lipinski definition) is 3. The Hall–Kier alpha value is -2.56. The molecule has 1 aromatic heterocycles. The van der Waals surface area contributed by atoms with E-state index in [4.69, 9.17) is 21.1 Å². The van der Waals surface area contributed by atoms with Crippen LogP contribution in [0.25, 0.3) is 11.3 Å². The van der Waals surface area contributed by atoms with Gasteiger partial charge in [-0.3, -0.25) is 4.79 Å². The maximum Gasteiger partial charge on any atom is 0.255 e. The first-order valence-electron chi connectivity index (χ1n) is 7.85. The number of aryl methyl sites for hydroxylation is 2. The van der Waals surface area contributed by atoms with Crippen molar-refractivity contribution in [2.45, 2.75) is 20.5 Å². The number of hydrogen-bond donors (Lipinski definition) is 2. The lowest BCUT2D eigenvalue weighted by atomic mass is 10.1. The zero-order valence-corrected chi connectivity index (χ0v) is 14.7. The zero-order valence-electron chi connectivity index (χ0n) is 14.0. The minimum Gasteiger partial charge on any atom is -0.459 e. The number of halogens is 1. The Morgan fingerprint density at radius 1 is 1.08 bits per heavy atom. The summed E-state index contributed by atoms with van der Waals surface area (Å²) in [5.74, 6) is 0.857. The highest BCUT2D eigenvalue weighted by molar-refractivity contribution is 6.33. The Morgan fingerprint density at radius 2 is 1.80 bits per heavy atom. The molecule has 3 rings (SSSR count). The molecule has 0 fully saturated rings. The van der Waals surface area contributed by atoms with Gasteiger partial charge in [-0.05, 0) is 56.3 Å². The van der Waals surface area contributed by atoms with Crippen LogP contribution in [0.4, 0.5) is 5.69 Å². The smallest absolute Gasteiger partial charge is 0.255 e. The number of aliphatic hydroxyl groups excluding tert-OH is 1. The molecule has 1 heterocycles. The van der Waals surface area contributed by atoms with E-state index in [9.17, 15) is 4.79 Å².